The normalized spacial score (nSPS) is 11.4. The Hall–Kier alpha value is -2.33. The number of benzene rings is 2. The van der Waals surface area contributed by atoms with Crippen LogP contribution in [-0.2, 0) is 12.2 Å². The lowest BCUT2D eigenvalue weighted by Crippen LogP contribution is -1.95. The van der Waals surface area contributed by atoms with Gasteiger partial charge in [0.15, 0.2) is 5.58 Å². The van der Waals surface area contributed by atoms with E-state index in [-0.39, 0.29) is 0 Å². The molecule has 0 saturated heterocycles. The lowest BCUT2D eigenvalue weighted by Gasteiger charge is -2.06. The summed E-state index contributed by atoms with van der Waals surface area (Å²) >= 11 is 1.72. The second-order valence-corrected chi connectivity index (χ2v) is 6.75. The molecule has 3 nitrogen and oxygen atoms in total. The fourth-order valence-corrected chi connectivity index (χ4v) is 3.84. The first kappa shape index (κ1) is 15.2. The number of aromatic nitrogens is 2. The van der Waals surface area contributed by atoms with Gasteiger partial charge in [0.2, 0.25) is 0 Å². The first-order chi connectivity index (χ1) is 11.8. The van der Waals surface area contributed by atoms with Crippen molar-refractivity contribution in [2.75, 3.05) is 0 Å². The average Bonchev–Trinajstić information content (AvgIpc) is 2.99. The van der Waals surface area contributed by atoms with Crippen LogP contribution in [0.2, 0.25) is 0 Å². The molecule has 0 saturated carbocycles. The fourth-order valence-electron chi connectivity index (χ4n) is 2.78. The van der Waals surface area contributed by atoms with Gasteiger partial charge in [0.05, 0.1) is 0 Å². The molecule has 0 spiro atoms. The van der Waals surface area contributed by atoms with Crippen LogP contribution >= 0.6 is 11.8 Å². The highest BCUT2D eigenvalue weighted by Crippen LogP contribution is 2.34. The van der Waals surface area contributed by atoms with Crippen LogP contribution in [0.4, 0.5) is 0 Å². The third-order valence-electron chi connectivity index (χ3n) is 4.18. The SMILES string of the molecule is CCc1nc(SCc2ccccc2C)c2oc3ccccc3c2n1. The van der Waals surface area contributed by atoms with Crippen molar-refractivity contribution in [3.05, 3.63) is 65.5 Å². The largest absolute Gasteiger partial charge is 0.451 e. The molecule has 0 N–H and O–H groups in total. The van der Waals surface area contributed by atoms with Crippen molar-refractivity contribution in [1.29, 1.82) is 0 Å². The van der Waals surface area contributed by atoms with Crippen LogP contribution in [0.15, 0.2) is 58.0 Å². The Labute approximate surface area is 145 Å². The van der Waals surface area contributed by atoms with E-state index in [2.05, 4.69) is 44.2 Å². The monoisotopic (exact) mass is 334 g/mol. The van der Waals surface area contributed by atoms with Crippen molar-refractivity contribution in [2.45, 2.75) is 31.0 Å². The highest BCUT2D eigenvalue weighted by Gasteiger charge is 2.15. The summed E-state index contributed by atoms with van der Waals surface area (Å²) in [5.41, 5.74) is 5.21. The molecule has 0 amide bonds. The third-order valence-corrected chi connectivity index (χ3v) is 5.18. The van der Waals surface area contributed by atoms with Crippen LogP contribution in [0.25, 0.3) is 22.1 Å². The topological polar surface area (TPSA) is 38.9 Å². The summed E-state index contributed by atoms with van der Waals surface area (Å²) in [5, 5.41) is 1.98. The van der Waals surface area contributed by atoms with Gasteiger partial charge in [-0.25, -0.2) is 9.97 Å². The van der Waals surface area contributed by atoms with Crippen LogP contribution in [0, 0.1) is 6.92 Å². The predicted molar refractivity (Wildman–Crippen MR) is 99.4 cm³/mol. The Balaban J connectivity index is 1.80. The minimum atomic E-state index is 0.798. The quantitative estimate of drug-likeness (QED) is 0.363. The Kier molecular flexibility index (Phi) is 3.98. The number of hydrogen-bond donors (Lipinski definition) is 0. The second-order valence-electron chi connectivity index (χ2n) is 5.79. The first-order valence-electron chi connectivity index (χ1n) is 8.11. The van der Waals surface area contributed by atoms with Crippen molar-refractivity contribution in [3.8, 4) is 0 Å². The van der Waals surface area contributed by atoms with Gasteiger partial charge >= 0.3 is 0 Å². The van der Waals surface area contributed by atoms with Gasteiger partial charge in [-0.05, 0) is 30.2 Å². The molecular weight excluding hydrogens is 316 g/mol. The van der Waals surface area contributed by atoms with Crippen LogP contribution < -0.4 is 0 Å². The fraction of sp³-hybridized carbons (Fsp3) is 0.200. The molecular formula is C20H18N2OS. The smallest absolute Gasteiger partial charge is 0.186 e. The van der Waals surface area contributed by atoms with E-state index in [9.17, 15) is 0 Å². The molecule has 0 aliphatic carbocycles. The zero-order valence-electron chi connectivity index (χ0n) is 13.7. The maximum Gasteiger partial charge on any atom is 0.186 e. The molecule has 2 heterocycles. The van der Waals surface area contributed by atoms with E-state index in [4.69, 9.17) is 14.4 Å². The number of hydrogen-bond acceptors (Lipinski definition) is 4. The molecule has 0 atom stereocenters. The summed E-state index contributed by atoms with van der Waals surface area (Å²) in [4.78, 5) is 9.41. The highest BCUT2D eigenvalue weighted by atomic mass is 32.2. The summed E-state index contributed by atoms with van der Waals surface area (Å²) in [7, 11) is 0. The van der Waals surface area contributed by atoms with Crippen LogP contribution in [0.3, 0.4) is 0 Å². The molecule has 2 aromatic heterocycles. The lowest BCUT2D eigenvalue weighted by molar-refractivity contribution is 0.651. The Morgan fingerprint density at radius 1 is 1.00 bits per heavy atom. The molecule has 4 aromatic rings. The number of thioether (sulfide) groups is 1. The van der Waals surface area contributed by atoms with Gasteiger partial charge in [-0.1, -0.05) is 55.1 Å². The van der Waals surface area contributed by atoms with Crippen molar-refractivity contribution in [2.24, 2.45) is 0 Å². The van der Waals surface area contributed by atoms with Crippen molar-refractivity contribution < 1.29 is 4.42 Å². The maximum absolute atomic E-state index is 6.06. The molecule has 4 heteroatoms. The molecule has 0 unspecified atom stereocenters. The highest BCUT2D eigenvalue weighted by molar-refractivity contribution is 7.98. The summed E-state index contributed by atoms with van der Waals surface area (Å²) in [5.74, 6) is 1.74. The number of para-hydroxylation sites is 1. The summed E-state index contributed by atoms with van der Waals surface area (Å²) in [6.45, 7) is 4.23. The molecule has 24 heavy (non-hydrogen) atoms. The second kappa shape index (κ2) is 6.29. The van der Waals surface area contributed by atoms with E-state index in [1.807, 2.05) is 18.2 Å². The summed E-state index contributed by atoms with van der Waals surface area (Å²) in [6.07, 6.45) is 0.813. The van der Waals surface area contributed by atoms with Crippen LogP contribution in [0.1, 0.15) is 23.9 Å². The number of fused-ring (bicyclic) bond motifs is 3. The van der Waals surface area contributed by atoms with Gasteiger partial charge in [0, 0.05) is 17.6 Å². The van der Waals surface area contributed by atoms with E-state index in [0.29, 0.717) is 0 Å². The van der Waals surface area contributed by atoms with Crippen LogP contribution in [-0.4, -0.2) is 9.97 Å². The molecule has 2 aromatic carbocycles. The standard InChI is InChI=1S/C20H18N2OS/c1-3-17-21-18-15-10-6-7-11-16(15)23-19(18)20(22-17)24-12-14-9-5-4-8-13(14)2/h4-11H,3,12H2,1-2H3. The molecule has 0 fully saturated rings. The van der Waals surface area contributed by atoms with Gasteiger partial charge in [0.1, 0.15) is 22.0 Å². The van der Waals surface area contributed by atoms with E-state index in [1.165, 1.54) is 11.1 Å². The van der Waals surface area contributed by atoms with Gasteiger partial charge in [-0.2, -0.15) is 0 Å². The van der Waals surface area contributed by atoms with E-state index in [1.54, 1.807) is 11.8 Å². The molecule has 0 radical (unpaired) electrons. The Morgan fingerprint density at radius 2 is 1.79 bits per heavy atom. The van der Waals surface area contributed by atoms with Crippen molar-refractivity contribution >= 4 is 33.8 Å². The maximum atomic E-state index is 6.06. The van der Waals surface area contributed by atoms with Gasteiger partial charge in [-0.3, -0.25) is 0 Å². The minimum absolute atomic E-state index is 0.798. The molecule has 0 bridgehead atoms. The average molecular weight is 334 g/mol. The van der Waals surface area contributed by atoms with Gasteiger partial charge < -0.3 is 4.42 Å². The van der Waals surface area contributed by atoms with Gasteiger partial charge in [-0.15, -0.1) is 0 Å². The Morgan fingerprint density at radius 3 is 2.62 bits per heavy atom. The van der Waals surface area contributed by atoms with Crippen molar-refractivity contribution in [3.63, 3.8) is 0 Å². The van der Waals surface area contributed by atoms with Gasteiger partial charge in [0.25, 0.3) is 0 Å². The summed E-state index contributed by atoms with van der Waals surface area (Å²) < 4.78 is 6.06. The molecule has 4 rings (SSSR count). The Bertz CT molecular complexity index is 1020. The zero-order chi connectivity index (χ0) is 16.5. The molecule has 120 valence electrons. The molecule has 0 aliphatic heterocycles. The molecule has 0 aliphatic rings. The number of aryl methyl sites for hydroxylation is 2. The third kappa shape index (κ3) is 2.67. The first-order valence-corrected chi connectivity index (χ1v) is 9.10. The summed E-state index contributed by atoms with van der Waals surface area (Å²) in [6, 6.07) is 16.5. The number of furan rings is 1. The zero-order valence-corrected chi connectivity index (χ0v) is 14.6. The lowest BCUT2D eigenvalue weighted by atomic mass is 10.1. The van der Waals surface area contributed by atoms with E-state index in [0.717, 1.165) is 45.1 Å². The predicted octanol–water partition coefficient (Wildman–Crippen LogP) is 5.54. The van der Waals surface area contributed by atoms with E-state index < -0.39 is 0 Å². The van der Waals surface area contributed by atoms with Crippen molar-refractivity contribution in [1.82, 2.24) is 9.97 Å². The van der Waals surface area contributed by atoms with E-state index >= 15 is 0 Å². The minimum Gasteiger partial charge on any atom is -0.451 e. The number of rotatable bonds is 4. The number of nitrogens with zero attached hydrogens (tertiary/aromatic N) is 2. The van der Waals surface area contributed by atoms with Crippen LogP contribution in [0.5, 0.6) is 0 Å².